The van der Waals surface area contributed by atoms with E-state index in [1.807, 2.05) is 41.3 Å². The van der Waals surface area contributed by atoms with Crippen molar-refractivity contribution >= 4 is 12.0 Å². The van der Waals surface area contributed by atoms with Gasteiger partial charge >= 0.3 is 6.09 Å². The lowest BCUT2D eigenvalue weighted by Crippen LogP contribution is -2.54. The molecule has 2 N–H and O–H groups in total. The third-order valence-electron chi connectivity index (χ3n) is 7.68. The van der Waals surface area contributed by atoms with Gasteiger partial charge in [0, 0.05) is 31.2 Å². The van der Waals surface area contributed by atoms with Crippen molar-refractivity contribution < 1.29 is 18.7 Å². The van der Waals surface area contributed by atoms with Crippen LogP contribution in [0.3, 0.4) is 0 Å². The van der Waals surface area contributed by atoms with E-state index in [2.05, 4.69) is 15.2 Å². The van der Waals surface area contributed by atoms with E-state index in [0.29, 0.717) is 38.4 Å². The molecule has 2 aromatic carbocycles. The van der Waals surface area contributed by atoms with Crippen LogP contribution in [0.1, 0.15) is 54.7 Å². The SMILES string of the molecule is CCOC(=O)N[C@H]1CCCC[C@@H]1n1cnc(C(=O)N2CCNC[C@H]2Cc2cccc(F)c2)c1-c1ccccc1. The van der Waals surface area contributed by atoms with Crippen LogP contribution in [0.5, 0.6) is 0 Å². The van der Waals surface area contributed by atoms with E-state index in [1.165, 1.54) is 12.1 Å². The van der Waals surface area contributed by atoms with Gasteiger partial charge in [0.2, 0.25) is 0 Å². The van der Waals surface area contributed by atoms with Crippen LogP contribution >= 0.6 is 0 Å². The van der Waals surface area contributed by atoms with Gasteiger partial charge in [-0.1, -0.05) is 55.3 Å². The van der Waals surface area contributed by atoms with Gasteiger partial charge in [-0.15, -0.1) is 0 Å². The molecule has 1 saturated heterocycles. The molecule has 206 valence electrons. The molecule has 2 heterocycles. The highest BCUT2D eigenvalue weighted by Gasteiger charge is 2.35. The molecule has 1 aromatic heterocycles. The van der Waals surface area contributed by atoms with Gasteiger partial charge in [0.15, 0.2) is 5.69 Å². The summed E-state index contributed by atoms with van der Waals surface area (Å²) in [6.07, 6.45) is 5.59. The highest BCUT2D eigenvalue weighted by Crippen LogP contribution is 2.35. The second-order valence-corrected chi connectivity index (χ2v) is 10.2. The summed E-state index contributed by atoms with van der Waals surface area (Å²) in [5.74, 6) is -0.418. The van der Waals surface area contributed by atoms with Crippen LogP contribution in [-0.4, -0.2) is 64.8 Å². The number of halogens is 1. The fraction of sp³-hybridized carbons (Fsp3) is 0.433. The Labute approximate surface area is 228 Å². The molecule has 0 unspecified atom stereocenters. The number of nitrogens with one attached hydrogen (secondary N) is 2. The summed E-state index contributed by atoms with van der Waals surface area (Å²) in [5, 5.41) is 6.42. The molecule has 2 amide bonds. The average molecular weight is 534 g/mol. The number of imidazole rings is 1. The molecule has 0 radical (unpaired) electrons. The molecule has 9 heteroatoms. The van der Waals surface area contributed by atoms with Crippen LogP contribution in [0.4, 0.5) is 9.18 Å². The van der Waals surface area contributed by atoms with Gasteiger partial charge in [-0.05, 0) is 43.9 Å². The Balaban J connectivity index is 1.49. The Bertz CT molecular complexity index is 1280. The molecular weight excluding hydrogens is 497 g/mol. The highest BCUT2D eigenvalue weighted by atomic mass is 19.1. The molecule has 0 spiro atoms. The summed E-state index contributed by atoms with van der Waals surface area (Å²) in [6, 6.07) is 16.1. The number of benzene rings is 2. The maximum Gasteiger partial charge on any atom is 0.407 e. The molecule has 2 aliphatic rings. The van der Waals surface area contributed by atoms with Crippen molar-refractivity contribution in [3.05, 3.63) is 78.0 Å². The van der Waals surface area contributed by atoms with Gasteiger partial charge < -0.3 is 24.8 Å². The number of nitrogens with zero attached hydrogens (tertiary/aromatic N) is 3. The Morgan fingerprint density at radius 3 is 2.74 bits per heavy atom. The van der Waals surface area contributed by atoms with Gasteiger partial charge in [-0.25, -0.2) is 14.2 Å². The number of alkyl carbamates (subject to hydrolysis) is 1. The van der Waals surface area contributed by atoms with Gasteiger partial charge in [0.05, 0.1) is 30.7 Å². The first-order valence-corrected chi connectivity index (χ1v) is 13.9. The highest BCUT2D eigenvalue weighted by molar-refractivity contribution is 5.98. The zero-order chi connectivity index (χ0) is 27.2. The lowest BCUT2D eigenvalue weighted by Gasteiger charge is -2.36. The van der Waals surface area contributed by atoms with Gasteiger partial charge in [0.1, 0.15) is 5.82 Å². The Morgan fingerprint density at radius 1 is 1.13 bits per heavy atom. The number of ether oxygens (including phenoxy) is 1. The first kappa shape index (κ1) is 26.9. The molecule has 1 aliphatic carbocycles. The van der Waals surface area contributed by atoms with Crippen molar-refractivity contribution in [2.75, 3.05) is 26.2 Å². The zero-order valence-electron chi connectivity index (χ0n) is 22.3. The summed E-state index contributed by atoms with van der Waals surface area (Å²) in [4.78, 5) is 33.0. The molecule has 1 aliphatic heterocycles. The molecule has 39 heavy (non-hydrogen) atoms. The Morgan fingerprint density at radius 2 is 1.95 bits per heavy atom. The molecular formula is C30H36FN5O3. The van der Waals surface area contributed by atoms with Crippen LogP contribution in [0, 0.1) is 5.82 Å². The minimum absolute atomic E-state index is 0.0569. The largest absolute Gasteiger partial charge is 0.450 e. The molecule has 3 atom stereocenters. The molecule has 1 saturated carbocycles. The van der Waals surface area contributed by atoms with Crippen molar-refractivity contribution in [2.45, 2.75) is 57.2 Å². The summed E-state index contributed by atoms with van der Waals surface area (Å²) >= 11 is 0. The van der Waals surface area contributed by atoms with E-state index in [9.17, 15) is 14.0 Å². The lowest BCUT2D eigenvalue weighted by atomic mass is 9.89. The van der Waals surface area contributed by atoms with Gasteiger partial charge in [-0.2, -0.15) is 0 Å². The number of aromatic nitrogens is 2. The Kier molecular flexibility index (Phi) is 8.56. The summed E-state index contributed by atoms with van der Waals surface area (Å²) in [5.41, 5.74) is 2.90. The topological polar surface area (TPSA) is 88.5 Å². The first-order valence-electron chi connectivity index (χ1n) is 13.9. The van der Waals surface area contributed by atoms with Crippen molar-refractivity contribution in [1.29, 1.82) is 0 Å². The van der Waals surface area contributed by atoms with E-state index in [-0.39, 0.29) is 29.8 Å². The van der Waals surface area contributed by atoms with E-state index < -0.39 is 6.09 Å². The second kappa shape index (κ2) is 12.4. The van der Waals surface area contributed by atoms with E-state index in [0.717, 1.165) is 42.5 Å². The zero-order valence-corrected chi connectivity index (χ0v) is 22.3. The number of amides is 2. The second-order valence-electron chi connectivity index (χ2n) is 10.2. The fourth-order valence-corrected chi connectivity index (χ4v) is 5.87. The number of piperazine rings is 1. The number of hydrogen-bond acceptors (Lipinski definition) is 5. The van der Waals surface area contributed by atoms with Crippen molar-refractivity contribution in [1.82, 2.24) is 25.1 Å². The number of carbonyl (C=O) groups is 2. The van der Waals surface area contributed by atoms with Crippen LogP contribution in [0.25, 0.3) is 11.3 Å². The van der Waals surface area contributed by atoms with E-state index >= 15 is 0 Å². The lowest BCUT2D eigenvalue weighted by molar-refractivity contribution is 0.0631. The normalized spacial score (nSPS) is 21.4. The van der Waals surface area contributed by atoms with E-state index in [4.69, 9.17) is 9.72 Å². The number of hydrogen-bond donors (Lipinski definition) is 2. The van der Waals surface area contributed by atoms with Gasteiger partial charge in [-0.3, -0.25) is 4.79 Å². The van der Waals surface area contributed by atoms with Crippen molar-refractivity contribution in [3.63, 3.8) is 0 Å². The van der Waals surface area contributed by atoms with Crippen LogP contribution in [-0.2, 0) is 11.2 Å². The van der Waals surface area contributed by atoms with Crippen LogP contribution in [0.15, 0.2) is 60.9 Å². The average Bonchev–Trinajstić information content (AvgIpc) is 3.39. The predicted molar refractivity (Wildman–Crippen MR) is 147 cm³/mol. The number of rotatable bonds is 7. The first-order chi connectivity index (χ1) is 19.0. The minimum atomic E-state index is -0.423. The number of carbonyl (C=O) groups excluding carboxylic acids is 2. The van der Waals surface area contributed by atoms with Crippen LogP contribution in [0.2, 0.25) is 0 Å². The maximum atomic E-state index is 14.2. The molecule has 0 bridgehead atoms. The third kappa shape index (κ3) is 6.14. The maximum absolute atomic E-state index is 14.2. The molecule has 5 rings (SSSR count). The van der Waals surface area contributed by atoms with Crippen molar-refractivity contribution in [3.8, 4) is 11.3 Å². The fourth-order valence-electron chi connectivity index (χ4n) is 5.87. The predicted octanol–water partition coefficient (Wildman–Crippen LogP) is 4.58. The molecule has 3 aromatic rings. The standard InChI is InChI=1S/C30H36FN5O3/c1-2-39-30(38)34-25-13-6-7-14-26(25)36-20-33-27(28(36)22-10-4-3-5-11-22)29(37)35-16-15-32-19-24(35)18-21-9-8-12-23(31)17-21/h3-5,8-12,17,20,24-26,32H,2,6-7,13-16,18-19H2,1H3,(H,34,38)/t24-,25+,26+/m1/s1. The summed E-state index contributed by atoms with van der Waals surface area (Å²) < 4.78 is 21.1. The minimum Gasteiger partial charge on any atom is -0.450 e. The Hall–Kier alpha value is -3.72. The third-order valence-corrected chi connectivity index (χ3v) is 7.68. The summed E-state index contributed by atoms with van der Waals surface area (Å²) in [7, 11) is 0. The molecule has 2 fully saturated rings. The van der Waals surface area contributed by atoms with Crippen molar-refractivity contribution in [2.24, 2.45) is 0 Å². The monoisotopic (exact) mass is 533 g/mol. The quantitative estimate of drug-likeness (QED) is 0.464. The van der Waals surface area contributed by atoms with E-state index in [1.54, 1.807) is 19.3 Å². The molecule has 8 nitrogen and oxygen atoms in total. The summed E-state index contributed by atoms with van der Waals surface area (Å²) in [6.45, 7) is 3.94. The van der Waals surface area contributed by atoms with Gasteiger partial charge in [0.25, 0.3) is 5.91 Å². The van der Waals surface area contributed by atoms with Crippen LogP contribution < -0.4 is 10.6 Å². The smallest absolute Gasteiger partial charge is 0.407 e.